The summed E-state index contributed by atoms with van der Waals surface area (Å²) in [6.07, 6.45) is 1.29. The van der Waals surface area contributed by atoms with Crippen molar-refractivity contribution in [3.05, 3.63) is 65.7 Å². The molecule has 1 saturated heterocycles. The van der Waals surface area contributed by atoms with Gasteiger partial charge >= 0.3 is 5.97 Å². The maximum atomic E-state index is 13.6. The summed E-state index contributed by atoms with van der Waals surface area (Å²) in [5.74, 6) is -0.906. The molecule has 9 heteroatoms. The first-order valence-electron chi connectivity index (χ1n) is 13.0. The van der Waals surface area contributed by atoms with E-state index in [-0.39, 0.29) is 49.3 Å². The number of methoxy groups -OCH3 is 1. The van der Waals surface area contributed by atoms with Crippen LogP contribution >= 0.6 is 0 Å². The second-order valence-electron chi connectivity index (χ2n) is 10.2. The van der Waals surface area contributed by atoms with Crippen LogP contribution in [-0.2, 0) is 36.7 Å². The standard InChI is InChI=1S/C29H39N3O6/c1-19(2)15-24(29(36)37-3)31-28(35)25(17-20-7-5-4-6-8-20)32-14-13-26(38-18-27(32)34)23(30)16-21-9-11-22(33)12-10-21/h4-12,19,23-26,33H,13-18,30H2,1-3H3,(H,31,35)/t23-,24-,25-,26-/m0/s1. The zero-order valence-corrected chi connectivity index (χ0v) is 22.3. The number of phenols is 1. The highest BCUT2D eigenvalue weighted by molar-refractivity contribution is 5.91. The van der Waals surface area contributed by atoms with Crippen molar-refractivity contribution < 1.29 is 29.0 Å². The molecular weight excluding hydrogens is 486 g/mol. The minimum absolute atomic E-state index is 0.149. The minimum atomic E-state index is -0.833. The molecule has 2 aromatic rings. The predicted molar refractivity (Wildman–Crippen MR) is 143 cm³/mol. The minimum Gasteiger partial charge on any atom is -0.508 e. The molecule has 1 heterocycles. The molecule has 1 aliphatic heterocycles. The summed E-state index contributed by atoms with van der Waals surface area (Å²) in [7, 11) is 1.29. The molecule has 4 N–H and O–H groups in total. The van der Waals surface area contributed by atoms with E-state index in [4.69, 9.17) is 15.2 Å². The first kappa shape index (κ1) is 29.1. The molecule has 0 radical (unpaired) electrons. The lowest BCUT2D eigenvalue weighted by Crippen LogP contribution is -2.55. The SMILES string of the molecule is COC(=O)[C@H](CC(C)C)NC(=O)[C@H](Cc1ccccc1)N1CC[C@@H]([C@@H](N)Cc2ccc(O)cc2)OCC1=O. The van der Waals surface area contributed by atoms with Gasteiger partial charge in [-0.2, -0.15) is 0 Å². The Morgan fingerprint density at radius 1 is 1.11 bits per heavy atom. The first-order chi connectivity index (χ1) is 18.2. The molecule has 38 heavy (non-hydrogen) atoms. The van der Waals surface area contributed by atoms with Crippen molar-refractivity contribution in [2.24, 2.45) is 11.7 Å². The Hall–Kier alpha value is -3.43. The lowest BCUT2D eigenvalue weighted by molar-refractivity contribution is -0.147. The van der Waals surface area contributed by atoms with Crippen LogP contribution in [0.15, 0.2) is 54.6 Å². The largest absolute Gasteiger partial charge is 0.508 e. The van der Waals surface area contributed by atoms with Crippen LogP contribution in [0.3, 0.4) is 0 Å². The number of hydrogen-bond donors (Lipinski definition) is 3. The number of amides is 2. The van der Waals surface area contributed by atoms with Gasteiger partial charge in [-0.1, -0.05) is 56.3 Å². The number of nitrogens with two attached hydrogens (primary N) is 1. The maximum Gasteiger partial charge on any atom is 0.328 e. The van der Waals surface area contributed by atoms with Crippen molar-refractivity contribution in [2.75, 3.05) is 20.3 Å². The van der Waals surface area contributed by atoms with Crippen LogP contribution in [-0.4, -0.2) is 72.3 Å². The molecule has 1 aliphatic rings. The van der Waals surface area contributed by atoms with Gasteiger partial charge in [-0.05, 0) is 48.4 Å². The molecule has 0 saturated carbocycles. The quantitative estimate of drug-likeness (QED) is 0.383. The molecule has 4 atom stereocenters. The number of aromatic hydroxyl groups is 1. The smallest absolute Gasteiger partial charge is 0.328 e. The summed E-state index contributed by atoms with van der Waals surface area (Å²) in [5, 5.41) is 12.4. The first-order valence-corrected chi connectivity index (χ1v) is 13.0. The van der Waals surface area contributed by atoms with Gasteiger partial charge < -0.3 is 30.5 Å². The number of esters is 1. The third-order valence-corrected chi connectivity index (χ3v) is 6.74. The van der Waals surface area contributed by atoms with Gasteiger partial charge in [0.15, 0.2) is 0 Å². The summed E-state index contributed by atoms with van der Waals surface area (Å²) in [4.78, 5) is 40.8. The second-order valence-corrected chi connectivity index (χ2v) is 10.2. The average Bonchev–Trinajstić information content (AvgIpc) is 3.09. The number of phenolic OH excluding ortho intramolecular Hbond substituents is 1. The number of nitrogens with one attached hydrogen (secondary N) is 1. The highest BCUT2D eigenvalue weighted by atomic mass is 16.5. The van der Waals surface area contributed by atoms with Crippen molar-refractivity contribution in [3.8, 4) is 5.75 Å². The number of ether oxygens (including phenoxy) is 2. The third-order valence-electron chi connectivity index (χ3n) is 6.74. The fraction of sp³-hybridized carbons (Fsp3) is 0.483. The molecule has 0 unspecified atom stereocenters. The Kier molecular flexibility index (Phi) is 10.7. The van der Waals surface area contributed by atoms with E-state index in [1.54, 1.807) is 29.2 Å². The number of carbonyl (C=O) groups is 3. The second kappa shape index (κ2) is 13.9. The van der Waals surface area contributed by atoms with Crippen molar-refractivity contribution in [3.63, 3.8) is 0 Å². The molecule has 0 bridgehead atoms. The summed E-state index contributed by atoms with van der Waals surface area (Å²) in [6, 6.07) is 14.3. The zero-order chi connectivity index (χ0) is 27.7. The monoisotopic (exact) mass is 525 g/mol. The van der Waals surface area contributed by atoms with E-state index in [0.717, 1.165) is 11.1 Å². The van der Waals surface area contributed by atoms with Crippen LogP contribution in [0.2, 0.25) is 0 Å². The van der Waals surface area contributed by atoms with Crippen LogP contribution in [0.25, 0.3) is 0 Å². The average molecular weight is 526 g/mol. The Morgan fingerprint density at radius 2 is 1.76 bits per heavy atom. The van der Waals surface area contributed by atoms with E-state index >= 15 is 0 Å². The van der Waals surface area contributed by atoms with E-state index in [1.807, 2.05) is 44.2 Å². The van der Waals surface area contributed by atoms with E-state index < -0.39 is 24.0 Å². The molecule has 9 nitrogen and oxygen atoms in total. The fourth-order valence-electron chi connectivity index (χ4n) is 4.72. The zero-order valence-electron chi connectivity index (χ0n) is 22.3. The van der Waals surface area contributed by atoms with Crippen LogP contribution in [0.4, 0.5) is 0 Å². The van der Waals surface area contributed by atoms with Crippen LogP contribution in [0, 0.1) is 5.92 Å². The molecule has 3 rings (SSSR count). The predicted octanol–water partition coefficient (Wildman–Crippen LogP) is 2.19. The Labute approximate surface area is 224 Å². The molecule has 206 valence electrons. The van der Waals surface area contributed by atoms with E-state index in [9.17, 15) is 19.5 Å². The van der Waals surface area contributed by atoms with Crippen molar-refractivity contribution in [1.29, 1.82) is 0 Å². The number of rotatable bonds is 11. The van der Waals surface area contributed by atoms with Gasteiger partial charge in [0.1, 0.15) is 24.4 Å². The highest BCUT2D eigenvalue weighted by Crippen LogP contribution is 2.20. The molecule has 0 aromatic heterocycles. The Morgan fingerprint density at radius 3 is 2.39 bits per heavy atom. The summed E-state index contributed by atoms with van der Waals surface area (Å²) in [5.41, 5.74) is 8.29. The van der Waals surface area contributed by atoms with Crippen LogP contribution in [0.1, 0.15) is 37.8 Å². The molecule has 0 aliphatic carbocycles. The lowest BCUT2D eigenvalue weighted by Gasteiger charge is -2.31. The van der Waals surface area contributed by atoms with E-state index in [2.05, 4.69) is 5.32 Å². The summed E-state index contributed by atoms with van der Waals surface area (Å²) in [6.45, 7) is 4.01. The summed E-state index contributed by atoms with van der Waals surface area (Å²) >= 11 is 0. The van der Waals surface area contributed by atoms with Crippen LogP contribution in [0.5, 0.6) is 5.75 Å². The van der Waals surface area contributed by atoms with Gasteiger partial charge in [-0.25, -0.2) is 4.79 Å². The lowest BCUT2D eigenvalue weighted by atomic mass is 9.98. The van der Waals surface area contributed by atoms with Gasteiger partial charge in [0.25, 0.3) is 0 Å². The van der Waals surface area contributed by atoms with E-state index in [1.165, 1.54) is 7.11 Å². The molecule has 1 fully saturated rings. The maximum absolute atomic E-state index is 13.6. The Balaban J connectivity index is 1.77. The number of nitrogens with zero attached hydrogens (tertiary/aromatic N) is 1. The molecule has 2 aromatic carbocycles. The number of hydrogen-bond acceptors (Lipinski definition) is 7. The van der Waals surface area contributed by atoms with Crippen molar-refractivity contribution in [2.45, 2.75) is 63.8 Å². The van der Waals surface area contributed by atoms with Crippen LogP contribution < -0.4 is 11.1 Å². The summed E-state index contributed by atoms with van der Waals surface area (Å²) < 4.78 is 10.8. The van der Waals surface area contributed by atoms with Gasteiger partial charge in [0.05, 0.1) is 13.2 Å². The topological polar surface area (TPSA) is 131 Å². The van der Waals surface area contributed by atoms with Gasteiger partial charge in [0.2, 0.25) is 11.8 Å². The molecular formula is C29H39N3O6. The normalized spacial score (nSPS) is 18.4. The fourth-order valence-corrected chi connectivity index (χ4v) is 4.72. The molecule has 2 amide bonds. The van der Waals surface area contributed by atoms with Gasteiger partial charge in [-0.15, -0.1) is 0 Å². The van der Waals surface area contributed by atoms with Crippen molar-refractivity contribution >= 4 is 17.8 Å². The Bertz CT molecular complexity index is 1060. The third kappa shape index (κ3) is 8.29. The highest BCUT2D eigenvalue weighted by Gasteiger charge is 2.36. The molecule has 0 spiro atoms. The number of carbonyl (C=O) groups excluding carboxylic acids is 3. The van der Waals surface area contributed by atoms with Crippen molar-refractivity contribution in [1.82, 2.24) is 10.2 Å². The van der Waals surface area contributed by atoms with Gasteiger partial charge in [0, 0.05) is 19.0 Å². The van der Waals surface area contributed by atoms with Gasteiger partial charge in [-0.3, -0.25) is 9.59 Å². The number of benzene rings is 2. The van der Waals surface area contributed by atoms with E-state index in [0.29, 0.717) is 19.3 Å².